The molecule has 1 aliphatic carbocycles. The van der Waals surface area contributed by atoms with Crippen LogP contribution in [0.15, 0.2) is 18.3 Å². The molecule has 13 nitrogen and oxygen atoms in total. The minimum atomic E-state index is -0.585. The molecule has 1 aliphatic rings. The summed E-state index contributed by atoms with van der Waals surface area (Å²) in [5, 5.41) is 17.6. The number of hydrogen-bond donors (Lipinski definition) is 6. The SMILES string of the molecule is CCCCC(C)(CNC(C)=O)Nc1nc(NC(CC)C[C@](C)(CNC(C)=O)Nc2nc(N)nc3c2CCCC3)nc2ncccc12. The molecule has 3 aromatic heterocycles. The van der Waals surface area contributed by atoms with E-state index in [1.807, 2.05) is 12.1 Å². The fraction of sp³-hybridized carbons (Fsp3) is 0.606. The second-order valence-electron chi connectivity index (χ2n) is 13.1. The van der Waals surface area contributed by atoms with Crippen LogP contribution in [0.2, 0.25) is 0 Å². The van der Waals surface area contributed by atoms with Gasteiger partial charge in [0.2, 0.25) is 23.7 Å². The first-order valence-corrected chi connectivity index (χ1v) is 16.5. The number of nitrogen functional groups attached to an aromatic ring is 1. The van der Waals surface area contributed by atoms with Gasteiger partial charge in [0.15, 0.2) is 5.65 Å². The van der Waals surface area contributed by atoms with Crippen LogP contribution in [0.3, 0.4) is 0 Å². The van der Waals surface area contributed by atoms with Gasteiger partial charge in [0.25, 0.3) is 0 Å². The van der Waals surface area contributed by atoms with Gasteiger partial charge in [-0.2, -0.15) is 15.0 Å². The maximum absolute atomic E-state index is 12.0. The highest BCUT2D eigenvalue weighted by Gasteiger charge is 2.32. The van der Waals surface area contributed by atoms with Gasteiger partial charge in [0.05, 0.1) is 22.2 Å². The average Bonchev–Trinajstić information content (AvgIpc) is 3.01. The Labute approximate surface area is 272 Å². The summed E-state index contributed by atoms with van der Waals surface area (Å²) >= 11 is 0. The molecule has 0 radical (unpaired) electrons. The van der Waals surface area contributed by atoms with E-state index in [9.17, 15) is 9.59 Å². The number of amides is 2. The summed E-state index contributed by atoms with van der Waals surface area (Å²) in [4.78, 5) is 47.2. The maximum atomic E-state index is 12.0. The molecule has 7 N–H and O–H groups in total. The van der Waals surface area contributed by atoms with E-state index in [1.165, 1.54) is 13.8 Å². The predicted octanol–water partition coefficient (Wildman–Crippen LogP) is 4.36. The third-order valence-corrected chi connectivity index (χ3v) is 8.57. The number of unbranched alkanes of at least 4 members (excludes halogenated alkanes) is 1. The normalized spacial score (nSPS) is 16.0. The van der Waals surface area contributed by atoms with E-state index >= 15 is 0 Å². The lowest BCUT2D eigenvalue weighted by Gasteiger charge is -2.36. The highest BCUT2D eigenvalue weighted by molar-refractivity contribution is 5.87. The highest BCUT2D eigenvalue weighted by Crippen LogP contribution is 2.31. The van der Waals surface area contributed by atoms with Crippen molar-refractivity contribution in [3.63, 3.8) is 0 Å². The van der Waals surface area contributed by atoms with E-state index in [4.69, 9.17) is 15.7 Å². The Morgan fingerprint density at radius 2 is 1.63 bits per heavy atom. The van der Waals surface area contributed by atoms with Crippen molar-refractivity contribution >= 4 is 46.4 Å². The van der Waals surface area contributed by atoms with Crippen molar-refractivity contribution in [3.05, 3.63) is 29.6 Å². The van der Waals surface area contributed by atoms with E-state index in [0.717, 1.165) is 73.8 Å². The Balaban J connectivity index is 1.63. The molecule has 0 fully saturated rings. The van der Waals surface area contributed by atoms with Crippen LogP contribution < -0.4 is 32.3 Å². The smallest absolute Gasteiger partial charge is 0.226 e. The van der Waals surface area contributed by atoms with E-state index < -0.39 is 11.1 Å². The number of nitrogens with zero attached hydrogens (tertiary/aromatic N) is 5. The summed E-state index contributed by atoms with van der Waals surface area (Å²) in [6, 6.07) is 3.75. The van der Waals surface area contributed by atoms with E-state index in [2.05, 4.69) is 69.2 Å². The summed E-state index contributed by atoms with van der Waals surface area (Å²) in [7, 11) is 0. The standard InChI is InChI=1S/C33H51N11O2/c1-7-9-16-32(5,19-36-21(3)45)43-29-25-14-12-17-35-27(25)41-31(42-29)38-23(8-2)18-33(6,20-37-22(4)46)44-28-24-13-10-11-15-26(24)39-30(34)40-28/h12,14,17,23H,7-11,13,15-16,18-20H2,1-6H3,(H,36,45)(H,37,46)(H3,34,39,40,44)(H2,35,38,41,42,43)/t23?,32?,33-/m1/s1. The fourth-order valence-electron chi connectivity index (χ4n) is 6.00. The minimum Gasteiger partial charge on any atom is -0.368 e. The molecule has 4 rings (SSSR count). The summed E-state index contributed by atoms with van der Waals surface area (Å²) in [5.74, 6) is 1.89. The van der Waals surface area contributed by atoms with Crippen LogP contribution in [-0.2, 0) is 22.4 Å². The van der Waals surface area contributed by atoms with Gasteiger partial charge in [-0.05, 0) is 70.9 Å². The number of aryl methyl sites for hydroxylation is 1. The second-order valence-corrected chi connectivity index (χ2v) is 13.1. The van der Waals surface area contributed by atoms with Crippen molar-refractivity contribution in [2.75, 3.05) is 34.8 Å². The molecule has 2 unspecified atom stereocenters. The number of rotatable bonds is 16. The fourth-order valence-corrected chi connectivity index (χ4v) is 6.00. The number of aromatic nitrogens is 5. The number of carbonyl (C=O) groups is 2. The number of hydrogen-bond acceptors (Lipinski definition) is 11. The topological polar surface area (TPSA) is 185 Å². The lowest BCUT2D eigenvalue weighted by atomic mass is 9.90. The quantitative estimate of drug-likeness (QED) is 0.132. The molecule has 3 aromatic rings. The van der Waals surface area contributed by atoms with Gasteiger partial charge in [-0.15, -0.1) is 0 Å². The van der Waals surface area contributed by atoms with E-state index in [0.29, 0.717) is 36.9 Å². The molecule has 0 saturated heterocycles. The first-order valence-electron chi connectivity index (χ1n) is 16.5. The molecular formula is C33H51N11O2. The third kappa shape index (κ3) is 9.37. The minimum absolute atomic E-state index is 0.0684. The lowest BCUT2D eigenvalue weighted by Crippen LogP contribution is -2.49. The molecule has 13 heteroatoms. The van der Waals surface area contributed by atoms with Crippen LogP contribution in [-0.4, -0.2) is 66.9 Å². The summed E-state index contributed by atoms with van der Waals surface area (Å²) in [6.45, 7) is 12.3. The van der Waals surface area contributed by atoms with Crippen molar-refractivity contribution in [2.24, 2.45) is 0 Å². The molecule has 0 bridgehead atoms. The summed E-state index contributed by atoms with van der Waals surface area (Å²) < 4.78 is 0. The van der Waals surface area contributed by atoms with Crippen LogP contribution in [0, 0.1) is 0 Å². The highest BCUT2D eigenvalue weighted by atomic mass is 16.2. The van der Waals surface area contributed by atoms with Crippen molar-refractivity contribution in [1.29, 1.82) is 0 Å². The van der Waals surface area contributed by atoms with E-state index in [-0.39, 0.29) is 23.8 Å². The number of anilines is 4. The molecule has 0 aromatic carbocycles. The lowest BCUT2D eigenvalue weighted by molar-refractivity contribution is -0.120. The second kappa shape index (κ2) is 15.3. The molecule has 0 aliphatic heterocycles. The largest absolute Gasteiger partial charge is 0.368 e. The van der Waals surface area contributed by atoms with Crippen LogP contribution in [0.5, 0.6) is 0 Å². The summed E-state index contributed by atoms with van der Waals surface area (Å²) in [5.41, 5.74) is 7.77. The predicted molar refractivity (Wildman–Crippen MR) is 184 cm³/mol. The number of carbonyl (C=O) groups excluding carboxylic acids is 2. The zero-order chi connectivity index (χ0) is 33.3. The Kier molecular flexibility index (Phi) is 11.5. The molecular weight excluding hydrogens is 582 g/mol. The summed E-state index contributed by atoms with van der Waals surface area (Å²) in [6.07, 6.45) is 9.89. The molecule has 0 spiro atoms. The van der Waals surface area contributed by atoms with Gasteiger partial charge >= 0.3 is 0 Å². The van der Waals surface area contributed by atoms with Crippen molar-refractivity contribution in [3.8, 4) is 0 Å². The number of nitrogens with one attached hydrogen (secondary N) is 5. The first-order chi connectivity index (χ1) is 21.9. The van der Waals surface area contributed by atoms with Crippen LogP contribution in [0.4, 0.5) is 23.5 Å². The molecule has 3 heterocycles. The average molecular weight is 634 g/mol. The number of nitrogens with two attached hydrogens (primary N) is 1. The van der Waals surface area contributed by atoms with Gasteiger partial charge < -0.3 is 32.3 Å². The van der Waals surface area contributed by atoms with Crippen molar-refractivity contribution in [1.82, 2.24) is 35.6 Å². The monoisotopic (exact) mass is 633 g/mol. The zero-order valence-electron chi connectivity index (χ0n) is 28.2. The Morgan fingerprint density at radius 1 is 0.935 bits per heavy atom. The zero-order valence-corrected chi connectivity index (χ0v) is 28.2. The van der Waals surface area contributed by atoms with Gasteiger partial charge in [0.1, 0.15) is 11.6 Å². The number of fused-ring (bicyclic) bond motifs is 2. The Morgan fingerprint density at radius 3 is 2.33 bits per heavy atom. The van der Waals surface area contributed by atoms with Gasteiger partial charge in [-0.1, -0.05) is 26.7 Å². The first kappa shape index (κ1) is 34.6. The molecule has 46 heavy (non-hydrogen) atoms. The number of pyridine rings is 1. The third-order valence-electron chi connectivity index (χ3n) is 8.57. The molecule has 2 amide bonds. The molecule has 0 saturated carbocycles. The van der Waals surface area contributed by atoms with Gasteiger partial charge in [-0.25, -0.2) is 9.97 Å². The Bertz CT molecular complexity index is 1520. The maximum Gasteiger partial charge on any atom is 0.226 e. The molecule has 3 atom stereocenters. The van der Waals surface area contributed by atoms with Crippen molar-refractivity contribution in [2.45, 2.75) is 116 Å². The van der Waals surface area contributed by atoms with Gasteiger partial charge in [-0.3, -0.25) is 9.59 Å². The van der Waals surface area contributed by atoms with Gasteiger partial charge in [0, 0.05) is 44.7 Å². The van der Waals surface area contributed by atoms with Crippen molar-refractivity contribution < 1.29 is 9.59 Å². The van der Waals surface area contributed by atoms with E-state index in [1.54, 1.807) is 6.20 Å². The van der Waals surface area contributed by atoms with Crippen LogP contribution >= 0.6 is 0 Å². The van der Waals surface area contributed by atoms with Crippen LogP contribution in [0.25, 0.3) is 11.0 Å². The Hall–Kier alpha value is -4.29. The van der Waals surface area contributed by atoms with Crippen LogP contribution in [0.1, 0.15) is 97.7 Å². The molecule has 250 valence electrons.